The van der Waals surface area contributed by atoms with Crippen LogP contribution >= 0.6 is 0 Å². The van der Waals surface area contributed by atoms with E-state index in [9.17, 15) is 13.2 Å². The van der Waals surface area contributed by atoms with E-state index in [0.717, 1.165) is 16.6 Å². The van der Waals surface area contributed by atoms with Crippen LogP contribution < -0.4 is 26.4 Å². The van der Waals surface area contributed by atoms with Crippen molar-refractivity contribution in [2.45, 2.75) is 30.2 Å². The Hall–Kier alpha value is -3.63. The van der Waals surface area contributed by atoms with E-state index in [4.69, 9.17) is 11.5 Å². The summed E-state index contributed by atoms with van der Waals surface area (Å²) < 4.78 is 29.6. The number of amides is 1. The molecule has 0 aromatic heterocycles. The molecule has 3 rings (SSSR count). The zero-order valence-electron chi connectivity index (χ0n) is 20.6. The van der Waals surface area contributed by atoms with E-state index in [1.807, 2.05) is 67.5 Å². The Morgan fingerprint density at radius 3 is 2.36 bits per heavy atom. The van der Waals surface area contributed by atoms with Crippen LogP contribution in [0.25, 0.3) is 10.8 Å². The maximum atomic E-state index is 13.5. The summed E-state index contributed by atoms with van der Waals surface area (Å²) in [5.41, 5.74) is 12.8. The van der Waals surface area contributed by atoms with Gasteiger partial charge in [0.15, 0.2) is 5.96 Å². The normalized spacial score (nSPS) is 12.2. The molecular formula is C26H34N6O3S. The molecule has 10 heteroatoms. The van der Waals surface area contributed by atoms with E-state index in [1.165, 1.54) is 0 Å². The Bertz CT molecular complexity index is 1310. The van der Waals surface area contributed by atoms with Crippen molar-refractivity contribution in [2.24, 2.45) is 16.5 Å². The zero-order valence-corrected chi connectivity index (χ0v) is 21.5. The second-order valence-electron chi connectivity index (χ2n) is 8.67. The van der Waals surface area contributed by atoms with Crippen LogP contribution in [0.15, 0.2) is 76.6 Å². The highest BCUT2D eigenvalue weighted by Gasteiger charge is 2.27. The molecule has 0 bridgehead atoms. The number of hydrogen-bond acceptors (Lipinski definition) is 5. The molecule has 0 aliphatic heterocycles. The third-order valence-corrected chi connectivity index (χ3v) is 7.28. The summed E-state index contributed by atoms with van der Waals surface area (Å²) in [5, 5.41) is 4.25. The van der Waals surface area contributed by atoms with Gasteiger partial charge in [-0.1, -0.05) is 54.6 Å². The van der Waals surface area contributed by atoms with E-state index in [2.05, 4.69) is 15.0 Å². The van der Waals surface area contributed by atoms with Crippen LogP contribution in [0.4, 0.5) is 5.69 Å². The first-order chi connectivity index (χ1) is 17.2. The summed E-state index contributed by atoms with van der Waals surface area (Å²) in [6.45, 7) is 0.674. The molecule has 1 amide bonds. The molecule has 1 unspecified atom stereocenters. The fourth-order valence-corrected chi connectivity index (χ4v) is 5.44. The Kier molecular flexibility index (Phi) is 9.26. The van der Waals surface area contributed by atoms with Crippen molar-refractivity contribution in [3.63, 3.8) is 0 Å². The maximum absolute atomic E-state index is 13.5. The largest absolute Gasteiger partial charge is 0.377 e. The highest BCUT2D eigenvalue weighted by molar-refractivity contribution is 7.89. The van der Waals surface area contributed by atoms with Crippen LogP contribution in [0.2, 0.25) is 0 Å². The number of carbonyl (C=O) groups is 1. The van der Waals surface area contributed by atoms with Crippen LogP contribution in [0.1, 0.15) is 18.4 Å². The minimum absolute atomic E-state index is 0.0492. The fraction of sp³-hybridized carbons (Fsp3) is 0.308. The lowest BCUT2D eigenvalue weighted by molar-refractivity contribution is -0.122. The van der Waals surface area contributed by atoms with Crippen LogP contribution in [-0.4, -0.2) is 53.5 Å². The SMILES string of the molecule is CN(C)c1cccc2c(S(=O)(=O)NC(CCCN=C(N)N)C(=O)NCCc3ccccc3)cccc12. The van der Waals surface area contributed by atoms with Gasteiger partial charge < -0.3 is 21.7 Å². The van der Waals surface area contributed by atoms with E-state index in [0.29, 0.717) is 24.8 Å². The monoisotopic (exact) mass is 510 g/mol. The van der Waals surface area contributed by atoms with Crippen LogP contribution in [0, 0.1) is 0 Å². The van der Waals surface area contributed by atoms with Gasteiger partial charge in [0, 0.05) is 43.6 Å². The zero-order chi connectivity index (χ0) is 26.1. The van der Waals surface area contributed by atoms with Gasteiger partial charge in [-0.3, -0.25) is 9.79 Å². The number of nitrogens with two attached hydrogens (primary N) is 2. The highest BCUT2D eigenvalue weighted by Crippen LogP contribution is 2.30. The molecule has 3 aromatic carbocycles. The van der Waals surface area contributed by atoms with Gasteiger partial charge in [-0.05, 0) is 37.0 Å². The quantitative estimate of drug-likeness (QED) is 0.167. The Balaban J connectivity index is 1.81. The first-order valence-corrected chi connectivity index (χ1v) is 13.3. The number of nitrogens with zero attached hydrogens (tertiary/aromatic N) is 2. The van der Waals surface area contributed by atoms with Gasteiger partial charge in [-0.25, -0.2) is 8.42 Å². The van der Waals surface area contributed by atoms with Crippen LogP contribution in [-0.2, 0) is 21.2 Å². The van der Waals surface area contributed by atoms with Gasteiger partial charge in [0.1, 0.15) is 6.04 Å². The molecule has 0 aliphatic carbocycles. The number of sulfonamides is 1. The second-order valence-corrected chi connectivity index (χ2v) is 10.4. The molecule has 0 saturated heterocycles. The topological polar surface area (TPSA) is 143 Å². The van der Waals surface area contributed by atoms with Crippen molar-refractivity contribution in [3.05, 3.63) is 72.3 Å². The van der Waals surface area contributed by atoms with E-state index < -0.39 is 22.0 Å². The van der Waals surface area contributed by atoms with Gasteiger partial charge in [-0.2, -0.15) is 4.72 Å². The molecule has 3 aromatic rings. The summed E-state index contributed by atoms with van der Waals surface area (Å²) in [6, 6.07) is 19.4. The first-order valence-electron chi connectivity index (χ1n) is 11.8. The summed E-state index contributed by atoms with van der Waals surface area (Å²) in [4.78, 5) is 19.0. The fourth-order valence-electron chi connectivity index (χ4n) is 3.98. The molecule has 36 heavy (non-hydrogen) atoms. The molecule has 192 valence electrons. The molecular weight excluding hydrogens is 476 g/mol. The third kappa shape index (κ3) is 7.19. The van der Waals surface area contributed by atoms with Gasteiger partial charge >= 0.3 is 0 Å². The number of aliphatic imine (C=N–C) groups is 1. The number of rotatable bonds is 12. The lowest BCUT2D eigenvalue weighted by Gasteiger charge is -2.20. The van der Waals surface area contributed by atoms with E-state index >= 15 is 0 Å². The number of anilines is 1. The summed E-state index contributed by atoms with van der Waals surface area (Å²) >= 11 is 0. The summed E-state index contributed by atoms with van der Waals surface area (Å²) in [5.74, 6) is -0.444. The van der Waals surface area contributed by atoms with Crippen molar-refractivity contribution >= 4 is 38.3 Å². The smallest absolute Gasteiger partial charge is 0.241 e. The van der Waals surface area contributed by atoms with Crippen molar-refractivity contribution in [3.8, 4) is 0 Å². The molecule has 0 fully saturated rings. The number of hydrogen-bond donors (Lipinski definition) is 4. The molecule has 0 spiro atoms. The molecule has 0 aliphatic rings. The Labute approximate surface area is 212 Å². The number of carbonyl (C=O) groups excluding carboxylic acids is 1. The Morgan fingerprint density at radius 2 is 1.67 bits per heavy atom. The molecule has 0 heterocycles. The van der Waals surface area contributed by atoms with Gasteiger partial charge in [0.2, 0.25) is 15.9 Å². The highest BCUT2D eigenvalue weighted by atomic mass is 32.2. The molecule has 0 radical (unpaired) electrons. The van der Waals surface area contributed by atoms with Crippen molar-refractivity contribution in [1.29, 1.82) is 0 Å². The lowest BCUT2D eigenvalue weighted by Crippen LogP contribution is -2.47. The Morgan fingerprint density at radius 1 is 0.972 bits per heavy atom. The summed E-state index contributed by atoms with van der Waals surface area (Å²) in [7, 11) is -0.212. The minimum Gasteiger partial charge on any atom is -0.377 e. The standard InChI is InChI=1S/C26H34N6O3S/c1-32(2)23-14-6-12-21-20(23)11-7-15-24(21)36(34,35)31-22(13-8-17-30-26(27)28)25(33)29-18-16-19-9-4-3-5-10-19/h3-7,9-12,14-15,22,31H,8,13,16-18H2,1-2H3,(H,29,33)(H4,27,28,30). The second kappa shape index (κ2) is 12.4. The summed E-state index contributed by atoms with van der Waals surface area (Å²) in [6.07, 6.45) is 1.30. The molecule has 1 atom stereocenters. The van der Waals surface area contributed by atoms with Gasteiger partial charge in [0.05, 0.1) is 4.90 Å². The maximum Gasteiger partial charge on any atom is 0.241 e. The number of fused-ring (bicyclic) bond motifs is 1. The third-order valence-electron chi connectivity index (χ3n) is 5.75. The number of guanidine groups is 1. The van der Waals surface area contributed by atoms with Crippen molar-refractivity contribution in [2.75, 3.05) is 32.1 Å². The van der Waals surface area contributed by atoms with Crippen molar-refractivity contribution in [1.82, 2.24) is 10.0 Å². The predicted octanol–water partition coefficient (Wildman–Crippen LogP) is 1.97. The molecule has 9 nitrogen and oxygen atoms in total. The van der Waals surface area contributed by atoms with Gasteiger partial charge in [0.25, 0.3) is 0 Å². The average molecular weight is 511 g/mol. The van der Waals surface area contributed by atoms with Crippen molar-refractivity contribution < 1.29 is 13.2 Å². The molecule has 0 saturated carbocycles. The van der Waals surface area contributed by atoms with Gasteiger partial charge in [-0.15, -0.1) is 0 Å². The first kappa shape index (κ1) is 27.0. The molecule has 6 N–H and O–H groups in total. The lowest BCUT2D eigenvalue weighted by atomic mass is 10.1. The average Bonchev–Trinajstić information content (AvgIpc) is 2.85. The predicted molar refractivity (Wildman–Crippen MR) is 145 cm³/mol. The van der Waals surface area contributed by atoms with Crippen LogP contribution in [0.5, 0.6) is 0 Å². The van der Waals surface area contributed by atoms with E-state index in [-0.39, 0.29) is 23.8 Å². The minimum atomic E-state index is -4.02. The van der Waals surface area contributed by atoms with Crippen LogP contribution in [0.3, 0.4) is 0 Å². The number of benzene rings is 3. The van der Waals surface area contributed by atoms with E-state index in [1.54, 1.807) is 18.2 Å². The number of nitrogens with one attached hydrogen (secondary N) is 2.